The Morgan fingerprint density at radius 2 is 2.33 bits per heavy atom. The van der Waals surface area contributed by atoms with E-state index >= 15 is 0 Å². The molecule has 2 rings (SSSR count). The lowest BCUT2D eigenvalue weighted by Gasteiger charge is -2.23. The first kappa shape index (κ1) is 13.3. The second-order valence-electron chi connectivity index (χ2n) is 4.56. The molecule has 5 heteroatoms. The fourth-order valence-electron chi connectivity index (χ4n) is 2.26. The number of hydrogen-bond donors (Lipinski definition) is 1. The number of carbonyl (C=O) groups is 1. The lowest BCUT2D eigenvalue weighted by molar-refractivity contribution is 0.0677. The first-order valence-corrected chi connectivity index (χ1v) is 6.30. The molecule has 0 spiro atoms. The number of aliphatic hydroxyl groups is 1. The number of nitrogens with zero attached hydrogens (tertiary/aromatic N) is 1. The number of aliphatic hydroxyl groups excluding tert-OH is 1. The molecule has 1 aliphatic heterocycles. The highest BCUT2D eigenvalue weighted by Crippen LogP contribution is 2.25. The summed E-state index contributed by atoms with van der Waals surface area (Å²) in [4.78, 5) is 13.8. The van der Waals surface area contributed by atoms with E-state index in [0.29, 0.717) is 12.1 Å². The van der Waals surface area contributed by atoms with Crippen molar-refractivity contribution >= 4 is 17.5 Å². The molecule has 0 bridgehead atoms. The lowest BCUT2D eigenvalue weighted by Crippen LogP contribution is -2.37. The van der Waals surface area contributed by atoms with Crippen LogP contribution in [0.25, 0.3) is 0 Å². The van der Waals surface area contributed by atoms with Crippen molar-refractivity contribution in [3.8, 4) is 0 Å². The predicted molar refractivity (Wildman–Crippen MR) is 67.3 cm³/mol. The predicted octanol–water partition coefficient (Wildman–Crippen LogP) is 2.38. The Morgan fingerprint density at radius 1 is 1.61 bits per heavy atom. The molecule has 1 aliphatic rings. The van der Waals surface area contributed by atoms with E-state index in [0.717, 1.165) is 12.8 Å². The zero-order chi connectivity index (χ0) is 13.3. The molecule has 0 aliphatic carbocycles. The molecule has 1 N–H and O–H groups in total. The van der Waals surface area contributed by atoms with E-state index in [9.17, 15) is 14.3 Å². The van der Waals surface area contributed by atoms with Gasteiger partial charge in [-0.25, -0.2) is 4.39 Å². The van der Waals surface area contributed by atoms with Crippen LogP contribution in [0, 0.1) is 12.7 Å². The van der Waals surface area contributed by atoms with Gasteiger partial charge in [0.2, 0.25) is 0 Å². The highest BCUT2D eigenvalue weighted by molar-refractivity contribution is 6.33. The van der Waals surface area contributed by atoms with Crippen molar-refractivity contribution < 1.29 is 14.3 Å². The largest absolute Gasteiger partial charge is 0.394 e. The van der Waals surface area contributed by atoms with Gasteiger partial charge in [0.1, 0.15) is 5.82 Å². The number of aryl methyl sites for hydroxylation is 1. The van der Waals surface area contributed by atoms with Gasteiger partial charge in [0.15, 0.2) is 0 Å². The minimum Gasteiger partial charge on any atom is -0.394 e. The molecule has 0 radical (unpaired) electrons. The molecule has 1 atom stereocenters. The highest BCUT2D eigenvalue weighted by Gasteiger charge is 2.30. The van der Waals surface area contributed by atoms with E-state index in [1.807, 2.05) is 0 Å². The van der Waals surface area contributed by atoms with E-state index in [4.69, 9.17) is 11.6 Å². The van der Waals surface area contributed by atoms with Crippen molar-refractivity contribution in [2.75, 3.05) is 13.2 Å². The molecular formula is C13H15ClFNO2. The topological polar surface area (TPSA) is 40.5 Å². The zero-order valence-corrected chi connectivity index (χ0v) is 10.9. The number of hydrogen-bond acceptors (Lipinski definition) is 2. The van der Waals surface area contributed by atoms with Crippen LogP contribution in [0.3, 0.4) is 0 Å². The highest BCUT2D eigenvalue weighted by atomic mass is 35.5. The average Bonchev–Trinajstić information content (AvgIpc) is 2.81. The van der Waals surface area contributed by atoms with Crippen molar-refractivity contribution in [1.82, 2.24) is 4.90 Å². The molecule has 1 heterocycles. The fourth-order valence-corrected chi connectivity index (χ4v) is 2.56. The van der Waals surface area contributed by atoms with Gasteiger partial charge >= 0.3 is 0 Å². The molecule has 3 nitrogen and oxygen atoms in total. The number of likely N-dealkylation sites (tertiary alicyclic amines) is 1. The van der Waals surface area contributed by atoms with Gasteiger partial charge in [-0.1, -0.05) is 11.6 Å². The van der Waals surface area contributed by atoms with E-state index in [-0.39, 0.29) is 29.1 Å². The Hall–Kier alpha value is -1.13. The summed E-state index contributed by atoms with van der Waals surface area (Å²) in [6, 6.07) is 2.44. The molecule has 1 aromatic rings. The van der Waals surface area contributed by atoms with Crippen molar-refractivity contribution in [2.45, 2.75) is 25.8 Å². The number of amides is 1. The summed E-state index contributed by atoms with van der Waals surface area (Å²) in [7, 11) is 0. The SMILES string of the molecule is Cc1cc(Cl)c(C(=O)N2CCCC2CO)cc1F. The van der Waals surface area contributed by atoms with Gasteiger partial charge in [-0.3, -0.25) is 4.79 Å². The monoisotopic (exact) mass is 271 g/mol. The summed E-state index contributed by atoms with van der Waals surface area (Å²) in [6.07, 6.45) is 1.62. The summed E-state index contributed by atoms with van der Waals surface area (Å²) in [6.45, 7) is 2.11. The molecule has 1 aromatic carbocycles. The van der Waals surface area contributed by atoms with Gasteiger partial charge in [-0.05, 0) is 37.5 Å². The maximum Gasteiger partial charge on any atom is 0.255 e. The minimum absolute atomic E-state index is 0.0717. The molecule has 98 valence electrons. The Morgan fingerprint density at radius 3 is 3.00 bits per heavy atom. The maximum atomic E-state index is 13.5. The van der Waals surface area contributed by atoms with Crippen LogP contribution >= 0.6 is 11.6 Å². The first-order valence-electron chi connectivity index (χ1n) is 5.92. The Balaban J connectivity index is 2.31. The standard InChI is InChI=1S/C13H15ClFNO2/c1-8-5-11(14)10(6-12(8)15)13(18)16-4-2-3-9(16)7-17/h5-6,9,17H,2-4,7H2,1H3. The molecule has 18 heavy (non-hydrogen) atoms. The second kappa shape index (κ2) is 5.24. The third-order valence-electron chi connectivity index (χ3n) is 3.33. The number of benzene rings is 1. The van der Waals surface area contributed by atoms with Crippen LogP contribution in [0.4, 0.5) is 4.39 Å². The van der Waals surface area contributed by atoms with Crippen LogP contribution in [0.15, 0.2) is 12.1 Å². The van der Waals surface area contributed by atoms with Gasteiger partial charge in [0.05, 0.1) is 23.2 Å². The maximum absolute atomic E-state index is 13.5. The van der Waals surface area contributed by atoms with Crippen LogP contribution < -0.4 is 0 Å². The van der Waals surface area contributed by atoms with Gasteiger partial charge < -0.3 is 10.0 Å². The van der Waals surface area contributed by atoms with Crippen LogP contribution in [0.5, 0.6) is 0 Å². The van der Waals surface area contributed by atoms with E-state index in [1.54, 1.807) is 11.8 Å². The fraction of sp³-hybridized carbons (Fsp3) is 0.462. The van der Waals surface area contributed by atoms with Crippen LogP contribution in [0.1, 0.15) is 28.8 Å². The third-order valence-corrected chi connectivity index (χ3v) is 3.64. The van der Waals surface area contributed by atoms with Gasteiger partial charge in [-0.2, -0.15) is 0 Å². The number of rotatable bonds is 2. The van der Waals surface area contributed by atoms with Crippen molar-refractivity contribution in [2.24, 2.45) is 0 Å². The Bertz CT molecular complexity index is 478. The van der Waals surface area contributed by atoms with E-state index in [2.05, 4.69) is 0 Å². The smallest absolute Gasteiger partial charge is 0.255 e. The summed E-state index contributed by atoms with van der Waals surface area (Å²) in [5, 5.41) is 9.45. The first-order chi connectivity index (χ1) is 8.54. The second-order valence-corrected chi connectivity index (χ2v) is 4.97. The Kier molecular flexibility index (Phi) is 3.88. The number of halogens is 2. The molecule has 0 aromatic heterocycles. The molecule has 1 unspecified atom stereocenters. The molecule has 1 fully saturated rings. The minimum atomic E-state index is -0.442. The van der Waals surface area contributed by atoms with Crippen LogP contribution in [0.2, 0.25) is 5.02 Å². The van der Waals surface area contributed by atoms with Crippen molar-refractivity contribution in [1.29, 1.82) is 0 Å². The van der Waals surface area contributed by atoms with Crippen molar-refractivity contribution in [3.05, 3.63) is 34.1 Å². The Labute approximate surface area is 110 Å². The molecular weight excluding hydrogens is 257 g/mol. The number of carbonyl (C=O) groups excluding carboxylic acids is 1. The summed E-state index contributed by atoms with van der Waals surface area (Å²) >= 11 is 5.99. The average molecular weight is 272 g/mol. The normalized spacial score (nSPS) is 19.3. The van der Waals surface area contributed by atoms with Gasteiger partial charge in [0, 0.05) is 6.54 Å². The zero-order valence-electron chi connectivity index (χ0n) is 10.1. The molecule has 0 saturated carbocycles. The summed E-state index contributed by atoms with van der Waals surface area (Å²) in [5.41, 5.74) is 0.580. The summed E-state index contributed by atoms with van der Waals surface area (Å²) in [5.74, 6) is -0.752. The van der Waals surface area contributed by atoms with Crippen LogP contribution in [-0.4, -0.2) is 35.1 Å². The molecule has 1 saturated heterocycles. The summed E-state index contributed by atoms with van der Waals surface area (Å²) < 4.78 is 13.5. The van der Waals surface area contributed by atoms with E-state index in [1.165, 1.54) is 12.1 Å². The van der Waals surface area contributed by atoms with Crippen molar-refractivity contribution in [3.63, 3.8) is 0 Å². The van der Waals surface area contributed by atoms with Gasteiger partial charge in [0.25, 0.3) is 5.91 Å². The quantitative estimate of drug-likeness (QED) is 0.897. The molecule has 1 amide bonds. The van der Waals surface area contributed by atoms with Gasteiger partial charge in [-0.15, -0.1) is 0 Å². The van der Waals surface area contributed by atoms with Crippen LogP contribution in [-0.2, 0) is 0 Å². The lowest BCUT2D eigenvalue weighted by atomic mass is 10.1. The van der Waals surface area contributed by atoms with E-state index < -0.39 is 5.82 Å². The third kappa shape index (κ3) is 2.35.